The van der Waals surface area contributed by atoms with E-state index in [1.165, 1.54) is 6.07 Å². The molecule has 2 aliphatic heterocycles. The molecule has 2 aromatic carbocycles. The number of likely N-dealkylation sites (N-methyl/N-ethyl adjacent to an activating group) is 1. The quantitative estimate of drug-likeness (QED) is 0.876. The number of nitrogens with one attached hydrogen (secondary N) is 1. The van der Waals surface area contributed by atoms with Crippen LogP contribution < -0.4 is 5.32 Å². The molecule has 2 aromatic rings. The first-order valence-corrected chi connectivity index (χ1v) is 8.71. The van der Waals surface area contributed by atoms with Crippen LogP contribution in [0.25, 0.3) is 11.1 Å². The van der Waals surface area contributed by atoms with Gasteiger partial charge in [-0.1, -0.05) is 36.4 Å². The van der Waals surface area contributed by atoms with Gasteiger partial charge in [0.25, 0.3) is 0 Å². The van der Waals surface area contributed by atoms with E-state index < -0.39 is 12.0 Å². The Balaban J connectivity index is 1.67. The number of aliphatic hydroxyl groups is 1. The molecule has 0 aromatic heterocycles. The molecule has 2 heterocycles. The van der Waals surface area contributed by atoms with Crippen molar-refractivity contribution in [3.8, 4) is 11.1 Å². The van der Waals surface area contributed by atoms with Crippen molar-refractivity contribution in [2.75, 3.05) is 13.6 Å². The Morgan fingerprint density at radius 3 is 2.56 bits per heavy atom. The van der Waals surface area contributed by atoms with Gasteiger partial charge in [-0.25, -0.2) is 8.78 Å². The third-order valence-corrected chi connectivity index (χ3v) is 5.73. The summed E-state index contributed by atoms with van der Waals surface area (Å²) in [5.74, 6) is -0.815. The fraction of sp³-hybridized carbons (Fsp3) is 0.400. The van der Waals surface area contributed by atoms with Crippen LogP contribution in [0.15, 0.2) is 42.5 Å². The van der Waals surface area contributed by atoms with Crippen LogP contribution in [0.5, 0.6) is 0 Å². The van der Waals surface area contributed by atoms with Crippen molar-refractivity contribution in [3.63, 3.8) is 0 Å². The van der Waals surface area contributed by atoms with Crippen molar-refractivity contribution in [2.45, 2.75) is 37.1 Å². The highest BCUT2D eigenvalue weighted by Crippen LogP contribution is 2.42. The van der Waals surface area contributed by atoms with Crippen molar-refractivity contribution < 1.29 is 13.9 Å². The van der Waals surface area contributed by atoms with Gasteiger partial charge < -0.3 is 10.4 Å². The molecular weight excluding hydrogens is 322 g/mol. The molecule has 3 unspecified atom stereocenters. The van der Waals surface area contributed by atoms with E-state index in [-0.39, 0.29) is 28.5 Å². The second-order valence-electron chi connectivity index (χ2n) is 7.18. The summed E-state index contributed by atoms with van der Waals surface area (Å²) in [4.78, 5) is 1.92. The zero-order chi connectivity index (χ0) is 17.6. The predicted molar refractivity (Wildman–Crippen MR) is 92.9 cm³/mol. The number of halogens is 2. The van der Waals surface area contributed by atoms with Crippen LogP contribution in [0.1, 0.15) is 30.9 Å². The first-order valence-electron chi connectivity index (χ1n) is 8.71. The van der Waals surface area contributed by atoms with E-state index in [0.717, 1.165) is 25.8 Å². The standard InChI is InChI=1S/C20H22F2N2O/c1-24-12-11-20(19(24)25)10-9-17(23-20)15-7-4-6-14(18(15)22)13-5-2-3-8-16(13)21/h2-8,17,19,23,25H,9-12H2,1H3. The maximum absolute atomic E-state index is 15.2. The van der Waals surface area contributed by atoms with Crippen LogP contribution >= 0.6 is 0 Å². The second-order valence-corrected chi connectivity index (χ2v) is 7.18. The summed E-state index contributed by atoms with van der Waals surface area (Å²) < 4.78 is 29.2. The Morgan fingerprint density at radius 1 is 1.08 bits per heavy atom. The number of hydrogen-bond donors (Lipinski definition) is 2. The molecule has 3 atom stereocenters. The number of nitrogens with zero attached hydrogens (tertiary/aromatic N) is 1. The Kier molecular flexibility index (Phi) is 4.10. The Bertz CT molecular complexity index is 797. The van der Waals surface area contributed by atoms with Gasteiger partial charge in [-0.3, -0.25) is 4.90 Å². The van der Waals surface area contributed by atoms with Gasteiger partial charge in [0, 0.05) is 29.3 Å². The summed E-state index contributed by atoms with van der Waals surface area (Å²) in [5.41, 5.74) is 0.719. The van der Waals surface area contributed by atoms with E-state index in [2.05, 4.69) is 5.32 Å². The molecule has 3 nitrogen and oxygen atoms in total. The highest BCUT2D eigenvalue weighted by molar-refractivity contribution is 5.66. The van der Waals surface area contributed by atoms with Crippen molar-refractivity contribution in [1.29, 1.82) is 0 Å². The highest BCUT2D eigenvalue weighted by atomic mass is 19.1. The summed E-state index contributed by atoms with van der Waals surface area (Å²) in [6, 6.07) is 11.2. The third-order valence-electron chi connectivity index (χ3n) is 5.73. The van der Waals surface area contributed by atoms with Crippen LogP contribution in [-0.2, 0) is 0 Å². The van der Waals surface area contributed by atoms with E-state index in [1.54, 1.807) is 36.4 Å². The fourth-order valence-electron chi connectivity index (χ4n) is 4.28. The lowest BCUT2D eigenvalue weighted by Crippen LogP contribution is -2.50. The zero-order valence-corrected chi connectivity index (χ0v) is 14.2. The largest absolute Gasteiger partial charge is 0.376 e. The Hall–Kier alpha value is -1.82. The second kappa shape index (κ2) is 6.16. The minimum atomic E-state index is -0.560. The lowest BCUT2D eigenvalue weighted by Gasteiger charge is -2.31. The minimum Gasteiger partial charge on any atom is -0.376 e. The Labute approximate surface area is 146 Å². The zero-order valence-electron chi connectivity index (χ0n) is 14.2. The molecular formula is C20H22F2N2O. The SMILES string of the molecule is CN1CCC2(CCC(c3cccc(-c4ccccc4F)c3F)N2)C1O. The van der Waals surface area contributed by atoms with E-state index in [9.17, 15) is 9.50 Å². The molecule has 132 valence electrons. The minimum absolute atomic E-state index is 0.173. The maximum Gasteiger partial charge on any atom is 0.135 e. The molecule has 0 bridgehead atoms. The normalized spacial score (nSPS) is 29.6. The molecule has 5 heteroatoms. The van der Waals surface area contributed by atoms with Crippen LogP contribution in [0.2, 0.25) is 0 Å². The van der Waals surface area contributed by atoms with Crippen LogP contribution in [-0.4, -0.2) is 35.4 Å². The molecule has 2 saturated heterocycles. The summed E-state index contributed by atoms with van der Waals surface area (Å²) >= 11 is 0. The van der Waals surface area contributed by atoms with Crippen LogP contribution in [0.4, 0.5) is 8.78 Å². The molecule has 25 heavy (non-hydrogen) atoms. The predicted octanol–water partition coefficient (Wildman–Crippen LogP) is 3.45. The first-order chi connectivity index (χ1) is 12.0. The summed E-state index contributed by atoms with van der Waals surface area (Å²) in [6.07, 6.45) is 1.83. The average molecular weight is 344 g/mol. The molecule has 0 saturated carbocycles. The van der Waals surface area contributed by atoms with Gasteiger partial charge in [0.1, 0.15) is 17.9 Å². The molecule has 4 rings (SSSR count). The van der Waals surface area contributed by atoms with Crippen molar-refractivity contribution in [2.24, 2.45) is 0 Å². The van der Waals surface area contributed by atoms with Crippen molar-refractivity contribution >= 4 is 0 Å². The fourth-order valence-corrected chi connectivity index (χ4v) is 4.28. The number of likely N-dealkylation sites (tertiary alicyclic amines) is 1. The maximum atomic E-state index is 15.2. The summed E-state index contributed by atoms with van der Waals surface area (Å²) in [7, 11) is 1.90. The summed E-state index contributed by atoms with van der Waals surface area (Å²) in [6.45, 7) is 0.818. The van der Waals surface area contributed by atoms with Gasteiger partial charge in [0.2, 0.25) is 0 Å². The molecule has 2 aliphatic rings. The van der Waals surface area contributed by atoms with Gasteiger partial charge in [-0.05, 0) is 32.4 Å². The van der Waals surface area contributed by atoms with Gasteiger partial charge in [-0.15, -0.1) is 0 Å². The third kappa shape index (κ3) is 2.67. The molecule has 2 N–H and O–H groups in total. The van der Waals surface area contributed by atoms with Crippen LogP contribution in [0.3, 0.4) is 0 Å². The first kappa shape index (κ1) is 16.6. The highest BCUT2D eigenvalue weighted by Gasteiger charge is 2.50. The molecule has 1 spiro atoms. The Morgan fingerprint density at radius 2 is 1.84 bits per heavy atom. The van der Waals surface area contributed by atoms with Crippen molar-refractivity contribution in [1.82, 2.24) is 10.2 Å². The number of hydrogen-bond acceptors (Lipinski definition) is 3. The van der Waals surface area contributed by atoms with Gasteiger partial charge in [0.05, 0.1) is 5.54 Å². The molecule has 2 fully saturated rings. The topological polar surface area (TPSA) is 35.5 Å². The monoisotopic (exact) mass is 344 g/mol. The van der Waals surface area contributed by atoms with E-state index in [0.29, 0.717) is 5.56 Å². The number of benzene rings is 2. The molecule has 0 amide bonds. The number of rotatable bonds is 2. The smallest absolute Gasteiger partial charge is 0.135 e. The van der Waals surface area contributed by atoms with Crippen molar-refractivity contribution in [3.05, 3.63) is 59.7 Å². The summed E-state index contributed by atoms with van der Waals surface area (Å²) in [5, 5.41) is 13.9. The number of aliphatic hydroxyl groups excluding tert-OH is 1. The lowest BCUT2D eigenvalue weighted by molar-refractivity contribution is 0.00112. The van der Waals surface area contributed by atoms with Crippen LogP contribution in [0, 0.1) is 11.6 Å². The molecule has 0 radical (unpaired) electrons. The van der Waals surface area contributed by atoms with Gasteiger partial charge in [0.15, 0.2) is 0 Å². The van der Waals surface area contributed by atoms with Gasteiger partial charge >= 0.3 is 0 Å². The lowest BCUT2D eigenvalue weighted by atomic mass is 9.94. The van der Waals surface area contributed by atoms with E-state index in [4.69, 9.17) is 0 Å². The average Bonchev–Trinajstić information content (AvgIpc) is 3.16. The van der Waals surface area contributed by atoms with Gasteiger partial charge in [-0.2, -0.15) is 0 Å². The molecule has 0 aliphatic carbocycles. The van der Waals surface area contributed by atoms with E-state index in [1.807, 2.05) is 11.9 Å². The van der Waals surface area contributed by atoms with E-state index >= 15 is 4.39 Å².